The first-order chi connectivity index (χ1) is 8.22. The van der Waals surface area contributed by atoms with E-state index in [-0.39, 0.29) is 0 Å². The predicted octanol–water partition coefficient (Wildman–Crippen LogP) is 8.46. The molecule has 0 heterocycles. The summed E-state index contributed by atoms with van der Waals surface area (Å²) in [5.74, 6) is 0. The maximum atomic E-state index is 2.74. The fraction of sp³-hybridized carbons (Fsp3) is 0.789. The van der Waals surface area contributed by atoms with Gasteiger partial charge in [-0.3, -0.25) is 0 Å². The normalized spacial score (nSPS) is 27.8. The van der Waals surface area contributed by atoms with Crippen LogP contribution in [0.15, 0.2) is 24.3 Å². The third-order valence-corrected chi connectivity index (χ3v) is 58.7. The molecule has 0 saturated carbocycles. The molecule has 0 aromatic heterocycles. The maximum absolute atomic E-state index is 4.91. The van der Waals surface area contributed by atoms with Crippen LogP contribution in [-0.2, 0) is 10.2 Å². The molecule has 0 spiro atoms. The van der Waals surface area contributed by atoms with Crippen LogP contribution in [0.4, 0.5) is 0 Å². The standard InChI is InChI=1S/C5H5.3C3H7.5CH3.Ti/c1-2-4-5-3-1;3*1-3-2;;;;;;/h1-5H;3*3H,1-2H3;5*1H3;. The molecule has 1 heteroatoms. The summed E-state index contributed by atoms with van der Waals surface area (Å²) >= 11 is 0. The molecule has 1 aliphatic rings. The first-order valence-electron chi connectivity index (χ1n) is 8.79. The van der Waals surface area contributed by atoms with Crippen molar-refractivity contribution in [2.75, 3.05) is 0 Å². The van der Waals surface area contributed by atoms with Crippen molar-refractivity contribution in [1.29, 1.82) is 0 Å². The van der Waals surface area contributed by atoms with Gasteiger partial charge in [0.25, 0.3) is 0 Å². The Balaban J connectivity index is 4.51. The van der Waals surface area contributed by atoms with Gasteiger partial charge in [0.15, 0.2) is 0 Å². The van der Waals surface area contributed by atoms with Crippen LogP contribution in [0.3, 0.4) is 0 Å². The van der Waals surface area contributed by atoms with Gasteiger partial charge < -0.3 is 0 Å². The summed E-state index contributed by atoms with van der Waals surface area (Å²) in [5.41, 5.74) is 0. The van der Waals surface area contributed by atoms with Gasteiger partial charge in [-0.25, -0.2) is 0 Å². The monoisotopic (exact) mass is 317 g/mol. The van der Waals surface area contributed by atoms with Gasteiger partial charge in [0.2, 0.25) is 0 Å². The summed E-state index contributed by atoms with van der Waals surface area (Å²) in [6.45, 7) is 14.9. The van der Waals surface area contributed by atoms with E-state index in [9.17, 15) is 0 Å². The van der Waals surface area contributed by atoms with E-state index in [2.05, 4.69) is 92.0 Å². The van der Waals surface area contributed by atoms with Gasteiger partial charge in [0.05, 0.1) is 0 Å². The van der Waals surface area contributed by atoms with Crippen LogP contribution >= 0.6 is 0 Å². The molecular weight excluding hydrogens is 276 g/mol. The zero-order valence-electron chi connectivity index (χ0n) is 16.1. The molecule has 0 nitrogen and oxygen atoms in total. The van der Waals surface area contributed by atoms with Crippen LogP contribution < -0.4 is 0 Å². The Labute approximate surface area is 119 Å². The van der Waals surface area contributed by atoms with Crippen LogP contribution in [0.25, 0.3) is 0 Å². The van der Waals surface area contributed by atoms with Gasteiger partial charge in [-0.2, -0.15) is 0 Å². The van der Waals surface area contributed by atoms with Crippen molar-refractivity contribution in [3.8, 4) is 0 Å². The Morgan fingerprint density at radius 3 is 1.05 bits per heavy atom. The Morgan fingerprint density at radius 2 is 0.850 bits per heavy atom. The van der Waals surface area contributed by atoms with Gasteiger partial charge in [-0.1, -0.05) is 0 Å². The molecule has 1 rings (SSSR count). The van der Waals surface area contributed by atoms with Crippen molar-refractivity contribution in [3.63, 3.8) is 0 Å². The molecule has 0 aromatic rings. The van der Waals surface area contributed by atoms with Gasteiger partial charge in [0.1, 0.15) is 0 Å². The van der Waals surface area contributed by atoms with Crippen molar-refractivity contribution in [2.45, 2.75) is 84.6 Å². The van der Waals surface area contributed by atoms with E-state index in [4.69, 9.17) is 0 Å². The number of hydrogen-bond acceptors (Lipinski definition) is 0. The van der Waals surface area contributed by atoms with Crippen LogP contribution in [-0.4, -0.2) is 0 Å². The molecule has 0 atom stereocenters. The van der Waals surface area contributed by atoms with Crippen molar-refractivity contribution in [1.82, 2.24) is 0 Å². The zero-order chi connectivity index (χ0) is 16.5. The minimum atomic E-state index is -4.91. The Hall–Kier alpha value is 0.194. The molecule has 0 bridgehead atoms. The summed E-state index contributed by atoms with van der Waals surface area (Å²) in [6, 6.07) is 0. The Morgan fingerprint density at radius 1 is 0.600 bits per heavy atom. The fourth-order valence-electron chi connectivity index (χ4n) is 4.88. The van der Waals surface area contributed by atoms with Crippen molar-refractivity contribution in [2.24, 2.45) is 0 Å². The average molecular weight is 317 g/mol. The molecule has 0 fully saturated rings. The number of rotatable bonds is 4. The molecular formula is C19H41Ti. The van der Waals surface area contributed by atoms with E-state index in [1.54, 1.807) is 0 Å². The molecule has 121 valence electrons. The van der Waals surface area contributed by atoms with Crippen LogP contribution in [0, 0.1) is 0 Å². The summed E-state index contributed by atoms with van der Waals surface area (Å²) in [6.07, 6.45) is 9.51. The molecule has 0 aliphatic heterocycles. The van der Waals surface area contributed by atoms with E-state index in [1.807, 2.05) is 0 Å². The summed E-state index contributed by atoms with van der Waals surface area (Å²) in [7, 11) is -4.91. The summed E-state index contributed by atoms with van der Waals surface area (Å²) in [5, 5.41) is 13.7. The second-order valence-corrected chi connectivity index (χ2v) is 59.8. The van der Waals surface area contributed by atoms with E-state index in [1.165, 1.54) is 0 Å². The molecule has 1 aliphatic carbocycles. The van der Waals surface area contributed by atoms with Crippen LogP contribution in [0.1, 0.15) is 41.5 Å². The molecule has 0 amide bonds. The quantitative estimate of drug-likeness (QED) is 0.456. The second-order valence-electron chi connectivity index (χ2n) is 16.5. The van der Waals surface area contributed by atoms with Gasteiger partial charge in [-0.15, -0.1) is 0 Å². The number of hydrogen-bond donors (Lipinski definition) is 0. The summed E-state index contributed by atoms with van der Waals surface area (Å²) in [4.78, 5) is 0. The molecule has 0 N–H and O–H groups in total. The molecule has 0 aromatic carbocycles. The predicted molar refractivity (Wildman–Crippen MR) is 96.6 cm³/mol. The van der Waals surface area contributed by atoms with Crippen molar-refractivity contribution in [3.05, 3.63) is 24.3 Å². The molecule has 0 unspecified atom stereocenters. The second kappa shape index (κ2) is 2.33. The summed E-state index contributed by atoms with van der Waals surface area (Å²) < 4.78 is 2.32. The van der Waals surface area contributed by atoms with Gasteiger partial charge in [-0.05, 0) is 0 Å². The van der Waals surface area contributed by atoms with E-state index in [0.29, 0.717) is 16.9 Å². The minimum absolute atomic E-state index is 0.509. The third-order valence-electron chi connectivity index (χ3n) is 14.7. The first kappa shape index (κ1) is 18.2. The van der Waals surface area contributed by atoms with Crippen molar-refractivity contribution < 1.29 is 10.2 Å². The van der Waals surface area contributed by atoms with E-state index < -0.39 is 10.2 Å². The number of allylic oxidation sites excluding steroid dienone is 4. The van der Waals surface area contributed by atoms with Gasteiger partial charge >= 0.3 is 119 Å². The molecule has 0 radical (unpaired) electrons. The molecule has 20 heavy (non-hydrogen) atoms. The van der Waals surface area contributed by atoms with Crippen LogP contribution in [0.2, 0.25) is 43.0 Å². The third kappa shape index (κ3) is 1.06. The van der Waals surface area contributed by atoms with E-state index in [0.717, 1.165) is 0 Å². The van der Waals surface area contributed by atoms with E-state index >= 15 is 0 Å². The van der Waals surface area contributed by atoms with Gasteiger partial charge in [0, 0.05) is 0 Å². The fourth-order valence-corrected chi connectivity index (χ4v) is 19.1. The van der Waals surface area contributed by atoms with Crippen LogP contribution in [0.5, 0.6) is 0 Å². The SMILES string of the molecule is C[CH](C)[Ti]([CH3])([CH3])([CH3])([CH3])([CH3])([CH](C)C)([CH](C)C)[CH]1C=CC=C1. The Kier molecular flexibility index (Phi) is 2.13. The zero-order valence-corrected chi connectivity index (χ0v) is 17.7. The average Bonchev–Trinajstić information content (AvgIpc) is 2.70. The first-order valence-corrected chi connectivity index (χ1v) is 20.2. The Bertz CT molecular complexity index is 532. The molecule has 0 saturated heterocycles. The topological polar surface area (TPSA) is 0 Å². The van der Waals surface area contributed by atoms with Crippen molar-refractivity contribution >= 4 is 0 Å².